The number of nitrogens with zero attached hydrogens (tertiary/aromatic N) is 4. The van der Waals surface area contributed by atoms with Crippen LogP contribution in [0.25, 0.3) is 4.96 Å². The molecule has 0 amide bonds. The van der Waals surface area contributed by atoms with Crippen LogP contribution in [0.5, 0.6) is 5.19 Å². The number of fused-ring (bicyclic) bond motifs is 1. The highest BCUT2D eigenvalue weighted by Gasteiger charge is 2.10. The summed E-state index contributed by atoms with van der Waals surface area (Å²) < 4.78 is 7.92. The van der Waals surface area contributed by atoms with Crippen molar-refractivity contribution in [3.8, 4) is 5.19 Å². The summed E-state index contributed by atoms with van der Waals surface area (Å²) in [5, 5.41) is 10.5. The molecule has 0 saturated heterocycles. The third kappa shape index (κ3) is 3.31. The van der Waals surface area contributed by atoms with E-state index in [4.69, 9.17) is 4.74 Å². The predicted octanol–water partition coefficient (Wildman–Crippen LogP) is 3.00. The highest BCUT2D eigenvalue weighted by molar-refractivity contribution is 8.00. The second kappa shape index (κ2) is 6.35. The van der Waals surface area contributed by atoms with Gasteiger partial charge in [-0.2, -0.15) is 0 Å². The Bertz CT molecular complexity index is 852. The molecule has 116 valence electrons. The van der Waals surface area contributed by atoms with Crippen LogP contribution in [0.4, 0.5) is 0 Å². The molecule has 0 aliphatic rings. The van der Waals surface area contributed by atoms with Crippen LogP contribution in [0.1, 0.15) is 25.2 Å². The average Bonchev–Trinajstić information content (AvgIpc) is 3.03. The molecule has 22 heavy (non-hydrogen) atoms. The van der Waals surface area contributed by atoms with Gasteiger partial charge in [0.05, 0.1) is 11.8 Å². The van der Waals surface area contributed by atoms with E-state index in [1.54, 1.807) is 10.5 Å². The second-order valence-corrected chi connectivity index (χ2v) is 7.87. The summed E-state index contributed by atoms with van der Waals surface area (Å²) in [6.45, 7) is 5.80. The SMILES string of the molecule is Cc1csc2nc(CSc3nnc(OC(C)C)s3)cc(=O)n12. The van der Waals surface area contributed by atoms with Crippen LogP contribution < -0.4 is 10.3 Å². The van der Waals surface area contributed by atoms with Gasteiger partial charge in [0.1, 0.15) is 0 Å². The van der Waals surface area contributed by atoms with E-state index in [1.165, 1.54) is 34.4 Å². The van der Waals surface area contributed by atoms with E-state index in [9.17, 15) is 4.79 Å². The van der Waals surface area contributed by atoms with Crippen molar-refractivity contribution < 1.29 is 4.74 Å². The van der Waals surface area contributed by atoms with E-state index >= 15 is 0 Å². The summed E-state index contributed by atoms with van der Waals surface area (Å²) >= 11 is 4.38. The maximum absolute atomic E-state index is 12.1. The molecular formula is C13H14N4O2S3. The van der Waals surface area contributed by atoms with Crippen LogP contribution in [-0.2, 0) is 5.75 Å². The zero-order chi connectivity index (χ0) is 15.7. The lowest BCUT2D eigenvalue weighted by atomic mass is 10.4. The minimum absolute atomic E-state index is 0.0413. The first-order valence-electron chi connectivity index (χ1n) is 6.62. The molecule has 9 heteroatoms. The molecule has 0 unspecified atom stereocenters. The van der Waals surface area contributed by atoms with Gasteiger partial charge in [0.15, 0.2) is 9.30 Å². The number of hydrogen-bond donors (Lipinski definition) is 0. The number of rotatable bonds is 5. The number of thioether (sulfide) groups is 1. The van der Waals surface area contributed by atoms with E-state index in [1.807, 2.05) is 26.2 Å². The second-order valence-electron chi connectivity index (χ2n) is 4.87. The Labute approximate surface area is 139 Å². The van der Waals surface area contributed by atoms with Crippen LogP contribution in [0.3, 0.4) is 0 Å². The minimum Gasteiger partial charge on any atom is -0.466 e. The van der Waals surface area contributed by atoms with E-state index in [0.29, 0.717) is 10.9 Å². The van der Waals surface area contributed by atoms with Gasteiger partial charge in [0.2, 0.25) is 0 Å². The van der Waals surface area contributed by atoms with Crippen molar-refractivity contribution in [2.45, 2.75) is 37.0 Å². The highest BCUT2D eigenvalue weighted by atomic mass is 32.2. The molecule has 0 spiro atoms. The molecule has 0 radical (unpaired) electrons. The zero-order valence-corrected chi connectivity index (χ0v) is 14.7. The molecular weight excluding hydrogens is 340 g/mol. The third-order valence-corrected chi connectivity index (χ3v) is 5.62. The Hall–Kier alpha value is -1.45. The fraction of sp³-hybridized carbons (Fsp3) is 0.385. The minimum atomic E-state index is -0.0413. The Balaban J connectivity index is 1.74. The standard InChI is InChI=1S/C13H14N4O2S3/c1-7(2)19-12-15-16-13(22-12)21-6-9-4-10(18)17-8(3)5-20-11(17)14-9/h4-5,7H,6H2,1-3H3. The first kappa shape index (κ1) is 15.4. The van der Waals surface area contributed by atoms with Gasteiger partial charge in [0.25, 0.3) is 10.8 Å². The van der Waals surface area contributed by atoms with Crippen molar-refractivity contribution in [3.63, 3.8) is 0 Å². The van der Waals surface area contributed by atoms with Gasteiger partial charge in [0, 0.05) is 22.9 Å². The van der Waals surface area contributed by atoms with Crippen LogP contribution in [0.2, 0.25) is 0 Å². The van der Waals surface area contributed by atoms with E-state index in [0.717, 1.165) is 20.7 Å². The van der Waals surface area contributed by atoms with Gasteiger partial charge >= 0.3 is 0 Å². The molecule has 0 saturated carbocycles. The summed E-state index contributed by atoms with van der Waals surface area (Å²) in [5.74, 6) is 0.582. The largest absolute Gasteiger partial charge is 0.466 e. The Morgan fingerprint density at radius 2 is 2.23 bits per heavy atom. The smallest absolute Gasteiger partial charge is 0.295 e. The molecule has 6 nitrogen and oxygen atoms in total. The first-order chi connectivity index (χ1) is 10.5. The normalized spacial score (nSPS) is 11.5. The summed E-state index contributed by atoms with van der Waals surface area (Å²) in [7, 11) is 0. The molecule has 0 aromatic carbocycles. The first-order valence-corrected chi connectivity index (χ1v) is 9.31. The topological polar surface area (TPSA) is 69.4 Å². The highest BCUT2D eigenvalue weighted by Crippen LogP contribution is 2.29. The van der Waals surface area contributed by atoms with Crippen molar-refractivity contribution in [1.29, 1.82) is 0 Å². The monoisotopic (exact) mass is 354 g/mol. The van der Waals surface area contributed by atoms with Crippen molar-refractivity contribution in [2.75, 3.05) is 0 Å². The van der Waals surface area contributed by atoms with Gasteiger partial charge < -0.3 is 4.74 Å². The van der Waals surface area contributed by atoms with Crippen LogP contribution >= 0.6 is 34.4 Å². The number of aromatic nitrogens is 4. The Kier molecular flexibility index (Phi) is 4.46. The summed E-state index contributed by atoms with van der Waals surface area (Å²) in [6, 6.07) is 1.58. The molecule has 0 N–H and O–H groups in total. The van der Waals surface area contributed by atoms with E-state index in [-0.39, 0.29) is 11.7 Å². The Morgan fingerprint density at radius 3 is 3.00 bits per heavy atom. The molecule has 0 fully saturated rings. The van der Waals surface area contributed by atoms with Gasteiger partial charge in [-0.25, -0.2) is 4.98 Å². The van der Waals surface area contributed by atoms with Crippen molar-refractivity contribution >= 4 is 39.4 Å². The summed E-state index contributed by atoms with van der Waals surface area (Å²) in [4.78, 5) is 17.3. The molecule has 0 bridgehead atoms. The third-order valence-electron chi connectivity index (χ3n) is 2.70. The van der Waals surface area contributed by atoms with Gasteiger partial charge in [-0.1, -0.05) is 16.9 Å². The number of hydrogen-bond acceptors (Lipinski definition) is 8. The molecule has 3 aromatic rings. The lowest BCUT2D eigenvalue weighted by molar-refractivity contribution is 0.239. The number of aryl methyl sites for hydroxylation is 1. The van der Waals surface area contributed by atoms with E-state index in [2.05, 4.69) is 15.2 Å². The molecule has 0 aliphatic heterocycles. The fourth-order valence-corrected chi connectivity index (χ4v) is 4.40. The molecule has 3 aromatic heterocycles. The van der Waals surface area contributed by atoms with Crippen molar-refractivity contribution in [1.82, 2.24) is 19.6 Å². The molecule has 3 heterocycles. The molecule has 0 aliphatic carbocycles. The average molecular weight is 354 g/mol. The maximum atomic E-state index is 12.1. The van der Waals surface area contributed by atoms with Gasteiger partial charge in [-0.15, -0.1) is 16.4 Å². The number of ether oxygens (including phenoxy) is 1. The van der Waals surface area contributed by atoms with Crippen molar-refractivity contribution in [3.05, 3.63) is 33.2 Å². The van der Waals surface area contributed by atoms with Gasteiger partial charge in [-0.05, 0) is 32.1 Å². The zero-order valence-electron chi connectivity index (χ0n) is 12.3. The quantitative estimate of drug-likeness (QED) is 0.656. The van der Waals surface area contributed by atoms with Crippen LogP contribution in [0, 0.1) is 6.92 Å². The summed E-state index contributed by atoms with van der Waals surface area (Å²) in [5.41, 5.74) is 1.62. The fourth-order valence-electron chi connectivity index (χ4n) is 1.82. The van der Waals surface area contributed by atoms with Crippen molar-refractivity contribution in [2.24, 2.45) is 0 Å². The lowest BCUT2D eigenvalue weighted by Crippen LogP contribution is -2.14. The summed E-state index contributed by atoms with van der Waals surface area (Å²) in [6.07, 6.45) is 0.0805. The number of thiazole rings is 1. The van der Waals surface area contributed by atoms with Gasteiger partial charge in [-0.3, -0.25) is 9.20 Å². The molecule has 0 atom stereocenters. The maximum Gasteiger partial charge on any atom is 0.295 e. The lowest BCUT2D eigenvalue weighted by Gasteiger charge is -2.02. The van der Waals surface area contributed by atoms with Crippen LogP contribution in [-0.4, -0.2) is 25.7 Å². The van der Waals surface area contributed by atoms with E-state index < -0.39 is 0 Å². The Morgan fingerprint density at radius 1 is 1.41 bits per heavy atom. The molecule has 3 rings (SSSR count). The predicted molar refractivity (Wildman–Crippen MR) is 89.3 cm³/mol. The van der Waals surface area contributed by atoms with Crippen LogP contribution in [0.15, 0.2) is 20.6 Å².